The van der Waals surface area contributed by atoms with E-state index in [1.165, 1.54) is 19.3 Å². The summed E-state index contributed by atoms with van der Waals surface area (Å²) in [5.74, 6) is 1.47. The zero-order valence-corrected chi connectivity index (χ0v) is 16.2. The summed E-state index contributed by atoms with van der Waals surface area (Å²) in [6.45, 7) is 6.45. The molecule has 1 heterocycles. The topological polar surface area (TPSA) is 73.6 Å². The van der Waals surface area contributed by atoms with Crippen molar-refractivity contribution in [2.45, 2.75) is 39.0 Å². The summed E-state index contributed by atoms with van der Waals surface area (Å²) in [5.41, 5.74) is 1.22. The van der Waals surface area contributed by atoms with Gasteiger partial charge in [0.05, 0.1) is 25.4 Å². The summed E-state index contributed by atoms with van der Waals surface area (Å²) >= 11 is 0. The highest BCUT2D eigenvalue weighted by Gasteiger charge is 2.34. The third-order valence-electron chi connectivity index (χ3n) is 5.43. The fourth-order valence-corrected chi connectivity index (χ4v) is 3.27. The number of hydrogen-bond acceptors (Lipinski definition) is 3. The molecule has 2 aliphatic carbocycles. The molecule has 0 saturated heterocycles. The predicted octanol–water partition coefficient (Wildman–Crippen LogP) is 2.14. The minimum absolute atomic E-state index is 0.0157. The number of amides is 2. The third-order valence-corrected chi connectivity index (χ3v) is 5.43. The van der Waals surface area contributed by atoms with E-state index in [1.807, 2.05) is 0 Å². The van der Waals surface area contributed by atoms with Gasteiger partial charge in [0.25, 0.3) is 11.7 Å². The molecule has 2 fully saturated rings. The molecule has 3 rings (SSSR count). The first-order valence-corrected chi connectivity index (χ1v) is 9.74. The zero-order chi connectivity index (χ0) is 19.4. The fraction of sp³-hybridized carbons (Fsp3) is 0.524. The minimum atomic E-state index is -0.218. The Labute approximate surface area is 160 Å². The van der Waals surface area contributed by atoms with Crippen LogP contribution < -0.4 is 10.6 Å². The summed E-state index contributed by atoms with van der Waals surface area (Å²) in [4.78, 5) is 29.2. The van der Waals surface area contributed by atoms with E-state index in [9.17, 15) is 9.59 Å². The van der Waals surface area contributed by atoms with Crippen LogP contribution in [0.5, 0.6) is 0 Å². The summed E-state index contributed by atoms with van der Waals surface area (Å²) in [6.07, 6.45) is 12.9. The first-order chi connectivity index (χ1) is 13.0. The van der Waals surface area contributed by atoms with E-state index >= 15 is 0 Å². The van der Waals surface area contributed by atoms with Crippen LogP contribution in [-0.2, 0) is 9.59 Å². The van der Waals surface area contributed by atoms with Crippen LogP contribution in [0.25, 0.3) is 0 Å². The van der Waals surface area contributed by atoms with Crippen molar-refractivity contribution in [1.29, 1.82) is 0 Å². The molecule has 2 saturated carbocycles. The SMILES string of the molecule is C=[N+](C)C(=CC(=CC)C(=O)NC1=CC(C2CCC2)CN=C1)NC(=O)C1CC1. The van der Waals surface area contributed by atoms with Crippen molar-refractivity contribution in [2.75, 3.05) is 13.6 Å². The monoisotopic (exact) mass is 369 g/mol. The van der Waals surface area contributed by atoms with Crippen LogP contribution in [-0.4, -0.2) is 42.9 Å². The van der Waals surface area contributed by atoms with Gasteiger partial charge in [-0.2, -0.15) is 0 Å². The van der Waals surface area contributed by atoms with Crippen LogP contribution in [0.3, 0.4) is 0 Å². The lowest BCUT2D eigenvalue weighted by Gasteiger charge is -2.32. The first kappa shape index (κ1) is 19.3. The van der Waals surface area contributed by atoms with Gasteiger partial charge in [-0.15, -0.1) is 0 Å². The second kappa shape index (κ2) is 8.46. The molecule has 1 atom stereocenters. The highest BCUT2D eigenvalue weighted by atomic mass is 16.2. The molecule has 6 heteroatoms. The number of aliphatic imine (C=N–C) groups is 1. The summed E-state index contributed by atoms with van der Waals surface area (Å²) < 4.78 is 1.56. The van der Waals surface area contributed by atoms with E-state index in [0.717, 1.165) is 25.1 Å². The molecule has 0 aromatic heterocycles. The molecule has 144 valence electrons. The summed E-state index contributed by atoms with van der Waals surface area (Å²) in [7, 11) is 1.74. The van der Waals surface area contributed by atoms with Crippen LogP contribution in [0.15, 0.2) is 40.3 Å². The van der Waals surface area contributed by atoms with Gasteiger partial charge in [0.15, 0.2) is 0 Å². The molecule has 2 amide bonds. The van der Waals surface area contributed by atoms with Crippen LogP contribution in [0, 0.1) is 17.8 Å². The Hall–Kier alpha value is -2.50. The van der Waals surface area contributed by atoms with Gasteiger partial charge < -0.3 is 5.32 Å². The Balaban J connectivity index is 1.67. The lowest BCUT2D eigenvalue weighted by Crippen LogP contribution is -2.32. The number of dihydropyridines is 1. The van der Waals surface area contributed by atoms with Gasteiger partial charge in [-0.1, -0.05) is 18.6 Å². The minimum Gasteiger partial charge on any atom is -0.321 e. The Morgan fingerprint density at radius 1 is 1.30 bits per heavy atom. The zero-order valence-electron chi connectivity index (χ0n) is 16.2. The number of hydrogen-bond donors (Lipinski definition) is 2. The number of carbonyl (C=O) groups excluding carboxylic acids is 2. The molecule has 0 aromatic carbocycles. The molecular formula is C21H29N4O2+. The summed E-state index contributed by atoms with van der Waals surface area (Å²) in [5, 5.41) is 5.81. The third kappa shape index (κ3) is 5.02. The van der Waals surface area contributed by atoms with Crippen molar-refractivity contribution in [3.63, 3.8) is 0 Å². The molecule has 1 unspecified atom stereocenters. The largest absolute Gasteiger partial charge is 0.321 e. The molecule has 6 nitrogen and oxygen atoms in total. The molecule has 0 bridgehead atoms. The Morgan fingerprint density at radius 3 is 2.59 bits per heavy atom. The Kier molecular flexibility index (Phi) is 6.04. The van der Waals surface area contributed by atoms with Gasteiger partial charge >= 0.3 is 5.91 Å². The van der Waals surface area contributed by atoms with Gasteiger partial charge in [0.2, 0.25) is 0 Å². The molecule has 0 aromatic rings. The average Bonchev–Trinajstić information content (AvgIpc) is 3.42. The van der Waals surface area contributed by atoms with Gasteiger partial charge in [0.1, 0.15) is 0 Å². The van der Waals surface area contributed by atoms with Crippen molar-refractivity contribution < 1.29 is 14.2 Å². The second-order valence-corrected chi connectivity index (χ2v) is 7.66. The van der Waals surface area contributed by atoms with Crippen molar-refractivity contribution in [3.8, 4) is 0 Å². The van der Waals surface area contributed by atoms with Crippen molar-refractivity contribution >= 4 is 24.7 Å². The van der Waals surface area contributed by atoms with Gasteiger partial charge in [-0.25, -0.2) is 14.7 Å². The van der Waals surface area contributed by atoms with Gasteiger partial charge in [-0.05, 0) is 38.5 Å². The first-order valence-electron chi connectivity index (χ1n) is 9.74. The molecule has 27 heavy (non-hydrogen) atoms. The molecule has 1 aliphatic heterocycles. The summed E-state index contributed by atoms with van der Waals surface area (Å²) in [6, 6.07) is 0. The lowest BCUT2D eigenvalue weighted by molar-refractivity contribution is -0.439. The normalized spacial score (nSPS) is 23.3. The maximum Gasteiger partial charge on any atom is 0.310 e. The van der Waals surface area contributed by atoms with Crippen LogP contribution >= 0.6 is 0 Å². The molecule has 0 spiro atoms. The van der Waals surface area contributed by atoms with E-state index in [-0.39, 0.29) is 17.7 Å². The van der Waals surface area contributed by atoms with Gasteiger partial charge in [-0.3, -0.25) is 9.79 Å². The quantitative estimate of drug-likeness (QED) is 0.312. The maximum absolute atomic E-state index is 12.7. The lowest BCUT2D eigenvalue weighted by atomic mass is 9.75. The number of nitrogens with one attached hydrogen (secondary N) is 2. The van der Waals surface area contributed by atoms with Crippen LogP contribution in [0.1, 0.15) is 39.0 Å². The van der Waals surface area contributed by atoms with Gasteiger partial charge in [0, 0.05) is 30.3 Å². The molecule has 0 radical (unpaired) electrons. The van der Waals surface area contributed by atoms with Crippen molar-refractivity contribution in [2.24, 2.45) is 22.7 Å². The van der Waals surface area contributed by atoms with Crippen molar-refractivity contribution in [3.05, 3.63) is 35.3 Å². The van der Waals surface area contributed by atoms with E-state index in [1.54, 1.807) is 36.9 Å². The highest BCUT2D eigenvalue weighted by molar-refractivity contribution is 6.00. The Morgan fingerprint density at radius 2 is 2.04 bits per heavy atom. The van der Waals surface area contributed by atoms with E-state index in [4.69, 9.17) is 0 Å². The smallest absolute Gasteiger partial charge is 0.310 e. The Bertz CT molecular complexity index is 752. The fourth-order valence-electron chi connectivity index (χ4n) is 3.27. The molecular weight excluding hydrogens is 340 g/mol. The maximum atomic E-state index is 12.7. The second-order valence-electron chi connectivity index (χ2n) is 7.66. The molecule has 2 N–H and O–H groups in total. The van der Waals surface area contributed by atoms with Crippen LogP contribution in [0.4, 0.5) is 0 Å². The van der Waals surface area contributed by atoms with E-state index < -0.39 is 0 Å². The standard InChI is InChI=1S/C21H28N4O2/c1-4-14(11-19(25(2)3)24-21(27)16-8-9-16)20(26)23-18-10-17(12-22-13-18)15-6-5-7-15/h4,10-11,13,15-17H,2,5-9,12H2,1,3H3,(H-,23,24,26,27)/p+1. The highest BCUT2D eigenvalue weighted by Crippen LogP contribution is 2.35. The van der Waals surface area contributed by atoms with E-state index in [2.05, 4.69) is 28.4 Å². The van der Waals surface area contributed by atoms with Crippen molar-refractivity contribution in [1.82, 2.24) is 10.6 Å². The average molecular weight is 369 g/mol. The van der Waals surface area contributed by atoms with Crippen LogP contribution in [0.2, 0.25) is 0 Å². The number of rotatable bonds is 7. The van der Waals surface area contributed by atoms with E-state index in [0.29, 0.717) is 23.2 Å². The number of nitrogens with zero attached hydrogens (tertiary/aromatic N) is 2. The number of carbonyl (C=O) groups is 2. The molecule has 3 aliphatic rings. The number of allylic oxidation sites excluding steroid dienone is 2. The predicted molar refractivity (Wildman–Crippen MR) is 106 cm³/mol.